The fraction of sp³-hybridized carbons (Fsp3) is 0.517. The standard InChI is InChI=1S/C29H28Cl2F3N3O2/c30-20-5-6-22(24(31)11-20)28(39)26-23(29(32,33)34)9-18(12-35)10-25(26)37(27(28)38)15-19-7-21(8-19)36(13-16-1-2-16)14-17-3-4-17/h5-6,9-11,16-17,19,21,39H,1-4,7-8,13-15H2/t19-,21+,28?. The zero-order valence-corrected chi connectivity index (χ0v) is 22.7. The molecule has 0 radical (unpaired) electrons. The van der Waals surface area contributed by atoms with Gasteiger partial charge in [-0.15, -0.1) is 0 Å². The van der Waals surface area contributed by atoms with Gasteiger partial charge in [-0.05, 0) is 80.5 Å². The molecule has 5 nitrogen and oxygen atoms in total. The molecule has 1 atom stereocenters. The zero-order valence-electron chi connectivity index (χ0n) is 21.1. The number of amides is 1. The number of fused-ring (bicyclic) bond motifs is 1. The van der Waals surface area contributed by atoms with Crippen molar-refractivity contribution in [1.29, 1.82) is 5.26 Å². The van der Waals surface area contributed by atoms with Crippen molar-refractivity contribution in [2.45, 2.75) is 56.3 Å². The van der Waals surface area contributed by atoms with Gasteiger partial charge in [-0.1, -0.05) is 29.3 Å². The van der Waals surface area contributed by atoms with Crippen molar-refractivity contribution >= 4 is 34.8 Å². The van der Waals surface area contributed by atoms with Crippen LogP contribution in [0.3, 0.4) is 0 Å². The number of carbonyl (C=O) groups excluding carboxylic acids is 1. The number of rotatable bonds is 8. The van der Waals surface area contributed by atoms with Crippen LogP contribution >= 0.6 is 23.2 Å². The fourth-order valence-electron chi connectivity index (χ4n) is 6.18. The molecule has 4 aliphatic rings. The Balaban J connectivity index is 1.34. The molecule has 1 N–H and O–H groups in total. The second-order valence-corrected chi connectivity index (χ2v) is 12.5. The number of nitrogens with zero attached hydrogens (tertiary/aromatic N) is 3. The van der Waals surface area contributed by atoms with E-state index >= 15 is 0 Å². The molecule has 1 amide bonds. The Kier molecular flexibility index (Phi) is 6.66. The highest BCUT2D eigenvalue weighted by molar-refractivity contribution is 6.35. The second-order valence-electron chi connectivity index (χ2n) is 11.6. The van der Waals surface area contributed by atoms with Gasteiger partial charge in [0, 0.05) is 46.8 Å². The third-order valence-electron chi connectivity index (χ3n) is 8.63. The maximum Gasteiger partial charge on any atom is 0.416 e. The first-order valence-electron chi connectivity index (χ1n) is 13.4. The van der Waals surface area contributed by atoms with E-state index in [-0.39, 0.29) is 39.3 Å². The van der Waals surface area contributed by atoms with Gasteiger partial charge < -0.3 is 10.0 Å². The molecule has 2 aromatic rings. The lowest BCUT2D eigenvalue weighted by molar-refractivity contribution is -0.142. The maximum absolute atomic E-state index is 14.3. The third kappa shape index (κ3) is 4.93. The highest BCUT2D eigenvalue weighted by atomic mass is 35.5. The number of aliphatic hydroxyl groups is 1. The molecule has 2 aromatic carbocycles. The van der Waals surface area contributed by atoms with E-state index in [1.54, 1.807) is 6.07 Å². The number of hydrogen-bond donors (Lipinski definition) is 1. The lowest BCUT2D eigenvalue weighted by atomic mass is 9.78. The number of carbonyl (C=O) groups is 1. The largest absolute Gasteiger partial charge is 0.416 e. The van der Waals surface area contributed by atoms with Gasteiger partial charge in [0.2, 0.25) is 0 Å². The van der Waals surface area contributed by atoms with Crippen LogP contribution in [0.5, 0.6) is 0 Å². The van der Waals surface area contributed by atoms with Gasteiger partial charge in [0.15, 0.2) is 5.60 Å². The van der Waals surface area contributed by atoms with Gasteiger partial charge in [-0.3, -0.25) is 9.69 Å². The van der Waals surface area contributed by atoms with E-state index < -0.39 is 28.8 Å². The van der Waals surface area contributed by atoms with Crippen LogP contribution in [0.25, 0.3) is 0 Å². The van der Waals surface area contributed by atoms with Crippen LogP contribution < -0.4 is 4.90 Å². The van der Waals surface area contributed by atoms with E-state index in [2.05, 4.69) is 4.90 Å². The quantitative estimate of drug-likeness (QED) is 0.396. The predicted octanol–water partition coefficient (Wildman–Crippen LogP) is 6.37. The van der Waals surface area contributed by atoms with E-state index in [1.807, 2.05) is 0 Å². The molecule has 206 valence electrons. The topological polar surface area (TPSA) is 67.6 Å². The average Bonchev–Trinajstić information content (AvgIpc) is 3.78. The minimum absolute atomic E-state index is 0.0656. The van der Waals surface area contributed by atoms with Crippen LogP contribution in [0, 0.1) is 29.1 Å². The summed E-state index contributed by atoms with van der Waals surface area (Å²) in [7, 11) is 0. The molecule has 0 spiro atoms. The number of nitriles is 1. The molecule has 0 bridgehead atoms. The Labute approximate surface area is 235 Å². The Morgan fingerprint density at radius 3 is 2.23 bits per heavy atom. The lowest BCUT2D eigenvalue weighted by Gasteiger charge is -2.44. The van der Waals surface area contributed by atoms with E-state index in [0.717, 1.165) is 37.8 Å². The summed E-state index contributed by atoms with van der Waals surface area (Å²) in [5.74, 6) is 0.688. The number of halogens is 5. The molecule has 3 saturated carbocycles. The van der Waals surface area contributed by atoms with Crippen LogP contribution in [0.2, 0.25) is 10.0 Å². The first-order valence-corrected chi connectivity index (χ1v) is 14.1. The van der Waals surface area contributed by atoms with E-state index in [0.29, 0.717) is 12.1 Å². The molecule has 39 heavy (non-hydrogen) atoms. The van der Waals surface area contributed by atoms with Gasteiger partial charge in [0.25, 0.3) is 5.91 Å². The van der Waals surface area contributed by atoms with Gasteiger partial charge in [0.05, 0.1) is 22.9 Å². The summed E-state index contributed by atoms with van der Waals surface area (Å²) in [5.41, 5.74) is -5.02. The van der Waals surface area contributed by atoms with Crippen LogP contribution in [0.4, 0.5) is 18.9 Å². The highest BCUT2D eigenvalue weighted by Crippen LogP contribution is 2.53. The molecule has 1 aliphatic heterocycles. The van der Waals surface area contributed by atoms with Gasteiger partial charge in [-0.2, -0.15) is 18.4 Å². The minimum Gasteiger partial charge on any atom is -0.372 e. The number of benzene rings is 2. The van der Waals surface area contributed by atoms with Crippen LogP contribution in [0.1, 0.15) is 60.8 Å². The summed E-state index contributed by atoms with van der Waals surface area (Å²) < 4.78 is 43.0. The molecule has 3 fully saturated rings. The van der Waals surface area contributed by atoms with E-state index in [4.69, 9.17) is 23.2 Å². The third-order valence-corrected chi connectivity index (χ3v) is 9.18. The monoisotopic (exact) mass is 577 g/mol. The maximum atomic E-state index is 14.3. The Bertz CT molecular complexity index is 1350. The molecule has 0 aromatic heterocycles. The fourth-order valence-corrected chi connectivity index (χ4v) is 6.72. The minimum atomic E-state index is -4.92. The van der Waals surface area contributed by atoms with Crippen molar-refractivity contribution in [3.8, 4) is 6.07 Å². The van der Waals surface area contributed by atoms with E-state index in [9.17, 15) is 28.3 Å². The van der Waals surface area contributed by atoms with Crippen molar-refractivity contribution in [3.63, 3.8) is 0 Å². The summed E-state index contributed by atoms with van der Waals surface area (Å²) in [6.07, 6.45) is 1.82. The van der Waals surface area contributed by atoms with Crippen molar-refractivity contribution in [1.82, 2.24) is 4.90 Å². The van der Waals surface area contributed by atoms with Crippen molar-refractivity contribution in [2.24, 2.45) is 17.8 Å². The molecular formula is C29H28Cl2F3N3O2. The van der Waals surface area contributed by atoms with Gasteiger partial charge >= 0.3 is 6.18 Å². The van der Waals surface area contributed by atoms with Crippen molar-refractivity contribution in [3.05, 3.63) is 62.6 Å². The van der Waals surface area contributed by atoms with Crippen LogP contribution in [-0.4, -0.2) is 41.6 Å². The molecule has 3 aliphatic carbocycles. The molecule has 6 rings (SSSR count). The summed E-state index contributed by atoms with van der Waals surface area (Å²) in [4.78, 5) is 17.7. The van der Waals surface area contributed by atoms with Gasteiger partial charge in [-0.25, -0.2) is 0 Å². The molecule has 10 heteroatoms. The summed E-state index contributed by atoms with van der Waals surface area (Å²) in [6, 6.07) is 8.04. The SMILES string of the molecule is N#Cc1cc2c(c(C(F)(F)F)c1)C(O)(c1ccc(Cl)cc1Cl)C(=O)N2C[C@H]1C[C@@H](N(CC2CC2)CC2CC2)C1. The lowest BCUT2D eigenvalue weighted by Crippen LogP contribution is -2.51. The Hall–Kier alpha value is -2.31. The predicted molar refractivity (Wildman–Crippen MR) is 142 cm³/mol. The number of alkyl halides is 3. The Morgan fingerprint density at radius 1 is 1.05 bits per heavy atom. The summed E-state index contributed by atoms with van der Waals surface area (Å²) >= 11 is 12.3. The summed E-state index contributed by atoms with van der Waals surface area (Å²) in [5, 5.41) is 21.5. The highest BCUT2D eigenvalue weighted by Gasteiger charge is 2.57. The second kappa shape index (κ2) is 9.66. The normalized spacial score (nSPS) is 26.5. The van der Waals surface area contributed by atoms with Crippen LogP contribution in [-0.2, 0) is 16.6 Å². The number of hydrogen-bond acceptors (Lipinski definition) is 4. The first-order chi connectivity index (χ1) is 18.5. The van der Waals surface area contributed by atoms with Gasteiger partial charge in [0.1, 0.15) is 0 Å². The first kappa shape index (κ1) is 26.9. The smallest absolute Gasteiger partial charge is 0.372 e. The molecule has 1 heterocycles. The van der Waals surface area contributed by atoms with Crippen LogP contribution in [0.15, 0.2) is 30.3 Å². The molecule has 1 unspecified atom stereocenters. The Morgan fingerprint density at radius 2 is 1.69 bits per heavy atom. The summed E-state index contributed by atoms with van der Waals surface area (Å²) in [6.45, 7) is 2.34. The van der Waals surface area contributed by atoms with Crippen molar-refractivity contribution < 1.29 is 23.1 Å². The molecule has 0 saturated heterocycles. The average molecular weight is 578 g/mol. The molecular weight excluding hydrogens is 550 g/mol. The van der Waals surface area contributed by atoms with Crippen molar-refractivity contribution in [2.75, 3.05) is 24.5 Å². The van der Waals surface area contributed by atoms with E-state index in [1.165, 1.54) is 54.8 Å². The zero-order chi connectivity index (χ0) is 27.7. The number of anilines is 1.